The molecule has 0 radical (unpaired) electrons. The van der Waals surface area contributed by atoms with Crippen LogP contribution in [0.15, 0.2) is 55.0 Å². The van der Waals surface area contributed by atoms with E-state index < -0.39 is 0 Å². The number of pyridine rings is 1. The molecule has 7 heteroatoms. The second-order valence-corrected chi connectivity index (χ2v) is 6.30. The number of halogens is 1. The lowest BCUT2D eigenvalue weighted by molar-refractivity contribution is 0.625. The lowest BCUT2D eigenvalue weighted by Crippen LogP contribution is -2.12. The summed E-state index contributed by atoms with van der Waals surface area (Å²) in [7, 11) is 1.85. The van der Waals surface area contributed by atoms with Gasteiger partial charge in [-0.25, -0.2) is 14.4 Å². The molecule has 136 valence electrons. The molecule has 0 aliphatic carbocycles. The Labute approximate surface area is 156 Å². The van der Waals surface area contributed by atoms with E-state index in [9.17, 15) is 4.39 Å². The molecule has 0 saturated heterocycles. The normalized spacial score (nSPS) is 12.3. The van der Waals surface area contributed by atoms with Crippen LogP contribution in [0.1, 0.15) is 24.9 Å². The summed E-state index contributed by atoms with van der Waals surface area (Å²) in [6.45, 7) is 2.07. The van der Waals surface area contributed by atoms with Crippen LogP contribution in [0.4, 0.5) is 10.2 Å². The van der Waals surface area contributed by atoms with Gasteiger partial charge in [0.2, 0.25) is 0 Å². The Morgan fingerprint density at radius 1 is 1.11 bits per heavy atom. The molecule has 6 nitrogen and oxygen atoms in total. The topological polar surface area (TPSA) is 68.5 Å². The molecular formula is C20H19FN6. The van der Waals surface area contributed by atoms with Gasteiger partial charge in [-0.2, -0.15) is 5.10 Å². The average molecular weight is 362 g/mol. The zero-order valence-corrected chi connectivity index (χ0v) is 15.1. The van der Waals surface area contributed by atoms with Gasteiger partial charge in [0, 0.05) is 25.0 Å². The minimum absolute atomic E-state index is 0.00865. The van der Waals surface area contributed by atoms with Crippen molar-refractivity contribution >= 4 is 16.9 Å². The molecule has 0 amide bonds. The van der Waals surface area contributed by atoms with Crippen LogP contribution in [0.3, 0.4) is 0 Å². The number of anilines is 1. The largest absolute Gasteiger partial charge is 0.363 e. The molecule has 1 aromatic carbocycles. The molecule has 1 N–H and O–H groups in total. The van der Waals surface area contributed by atoms with Crippen molar-refractivity contribution in [1.29, 1.82) is 0 Å². The third kappa shape index (κ3) is 3.36. The summed E-state index contributed by atoms with van der Waals surface area (Å²) < 4.78 is 15.0. The van der Waals surface area contributed by atoms with Crippen molar-refractivity contribution in [3.8, 4) is 11.4 Å². The molecule has 3 aromatic heterocycles. The molecule has 3 heterocycles. The Balaban J connectivity index is 1.79. The van der Waals surface area contributed by atoms with Gasteiger partial charge in [0.1, 0.15) is 11.6 Å². The van der Waals surface area contributed by atoms with Crippen molar-refractivity contribution in [2.45, 2.75) is 19.4 Å². The molecule has 1 atom stereocenters. The number of benzene rings is 1. The Kier molecular flexibility index (Phi) is 4.50. The molecule has 0 aliphatic heterocycles. The van der Waals surface area contributed by atoms with Gasteiger partial charge in [0.15, 0.2) is 11.5 Å². The summed E-state index contributed by atoms with van der Waals surface area (Å²) >= 11 is 0. The van der Waals surface area contributed by atoms with Crippen LogP contribution in [-0.4, -0.2) is 24.7 Å². The monoisotopic (exact) mass is 362 g/mol. The quantitative estimate of drug-likeness (QED) is 0.578. The van der Waals surface area contributed by atoms with Gasteiger partial charge in [-0.15, -0.1) is 0 Å². The van der Waals surface area contributed by atoms with Gasteiger partial charge in [-0.05, 0) is 36.2 Å². The molecule has 0 aliphatic rings. The Bertz CT molecular complexity index is 1060. The molecule has 0 spiro atoms. The van der Waals surface area contributed by atoms with E-state index in [0.29, 0.717) is 11.6 Å². The summed E-state index contributed by atoms with van der Waals surface area (Å²) in [6.07, 6.45) is 6.02. The van der Waals surface area contributed by atoms with E-state index in [1.165, 1.54) is 12.1 Å². The predicted octanol–water partition coefficient (Wildman–Crippen LogP) is 4.13. The fraction of sp³-hybridized carbons (Fsp3) is 0.200. The van der Waals surface area contributed by atoms with Crippen molar-refractivity contribution in [2.24, 2.45) is 7.05 Å². The highest BCUT2D eigenvalue weighted by Gasteiger charge is 2.17. The number of hydrogen-bond acceptors (Lipinski definition) is 5. The zero-order valence-electron chi connectivity index (χ0n) is 15.1. The second kappa shape index (κ2) is 7.11. The van der Waals surface area contributed by atoms with Crippen molar-refractivity contribution < 1.29 is 4.39 Å². The first kappa shape index (κ1) is 17.1. The van der Waals surface area contributed by atoms with Crippen LogP contribution in [0, 0.1) is 5.82 Å². The summed E-state index contributed by atoms with van der Waals surface area (Å²) in [5.74, 6) is 1.03. The number of rotatable bonds is 5. The SMILES string of the molecule is CC[C@@H](Nc1nc(-c2cccnc2)nc2c1cnn2C)c1ccc(F)cc1. The van der Waals surface area contributed by atoms with Crippen LogP contribution in [0.5, 0.6) is 0 Å². The third-order valence-corrected chi connectivity index (χ3v) is 4.50. The number of hydrogen-bond donors (Lipinski definition) is 1. The van der Waals surface area contributed by atoms with Gasteiger partial charge in [-0.3, -0.25) is 9.67 Å². The van der Waals surface area contributed by atoms with E-state index in [-0.39, 0.29) is 11.9 Å². The molecule has 4 aromatic rings. The molecule has 4 rings (SSSR count). The first-order valence-electron chi connectivity index (χ1n) is 8.78. The highest BCUT2D eigenvalue weighted by Crippen LogP contribution is 2.28. The maximum atomic E-state index is 13.3. The second-order valence-electron chi connectivity index (χ2n) is 6.30. The van der Waals surface area contributed by atoms with E-state index in [4.69, 9.17) is 4.98 Å². The van der Waals surface area contributed by atoms with Gasteiger partial charge in [-0.1, -0.05) is 19.1 Å². The molecule has 0 unspecified atom stereocenters. The van der Waals surface area contributed by atoms with Gasteiger partial charge >= 0.3 is 0 Å². The number of nitrogens with zero attached hydrogens (tertiary/aromatic N) is 5. The van der Waals surface area contributed by atoms with Crippen LogP contribution in [0.2, 0.25) is 0 Å². The van der Waals surface area contributed by atoms with Crippen LogP contribution >= 0.6 is 0 Å². The smallest absolute Gasteiger partial charge is 0.165 e. The van der Waals surface area contributed by atoms with Crippen molar-refractivity contribution in [1.82, 2.24) is 24.7 Å². The third-order valence-electron chi connectivity index (χ3n) is 4.50. The maximum absolute atomic E-state index is 13.3. The van der Waals surface area contributed by atoms with Crippen LogP contribution in [-0.2, 0) is 7.05 Å². The fourth-order valence-electron chi connectivity index (χ4n) is 3.04. The Morgan fingerprint density at radius 2 is 1.93 bits per heavy atom. The fourth-order valence-corrected chi connectivity index (χ4v) is 3.04. The summed E-state index contributed by atoms with van der Waals surface area (Å²) in [5, 5.41) is 8.64. The molecule has 0 saturated carbocycles. The van der Waals surface area contributed by atoms with E-state index in [1.807, 2.05) is 19.2 Å². The molecule has 27 heavy (non-hydrogen) atoms. The number of nitrogens with one attached hydrogen (secondary N) is 1. The number of fused-ring (bicyclic) bond motifs is 1. The first-order chi connectivity index (χ1) is 13.2. The van der Waals surface area contributed by atoms with Crippen LogP contribution < -0.4 is 5.32 Å². The highest BCUT2D eigenvalue weighted by molar-refractivity contribution is 5.88. The summed E-state index contributed by atoms with van der Waals surface area (Å²) in [5.41, 5.74) is 2.57. The number of aromatic nitrogens is 5. The van der Waals surface area contributed by atoms with E-state index in [0.717, 1.165) is 28.6 Å². The van der Waals surface area contributed by atoms with Crippen molar-refractivity contribution in [3.63, 3.8) is 0 Å². The van der Waals surface area contributed by atoms with E-state index >= 15 is 0 Å². The van der Waals surface area contributed by atoms with Gasteiger partial charge < -0.3 is 5.32 Å². The zero-order chi connectivity index (χ0) is 18.8. The first-order valence-corrected chi connectivity index (χ1v) is 8.78. The lowest BCUT2D eigenvalue weighted by Gasteiger charge is -2.19. The van der Waals surface area contributed by atoms with Gasteiger partial charge in [0.05, 0.1) is 17.6 Å². The van der Waals surface area contributed by atoms with Crippen molar-refractivity contribution in [3.05, 3.63) is 66.4 Å². The minimum atomic E-state index is -0.246. The molecular weight excluding hydrogens is 343 g/mol. The Morgan fingerprint density at radius 3 is 2.63 bits per heavy atom. The maximum Gasteiger partial charge on any atom is 0.165 e. The number of aryl methyl sites for hydroxylation is 1. The molecule has 0 bridgehead atoms. The minimum Gasteiger partial charge on any atom is -0.363 e. The highest BCUT2D eigenvalue weighted by atomic mass is 19.1. The van der Waals surface area contributed by atoms with E-state index in [2.05, 4.69) is 27.3 Å². The van der Waals surface area contributed by atoms with E-state index in [1.54, 1.807) is 35.4 Å². The Hall–Kier alpha value is -3.35. The standard InChI is InChI=1S/C20H19FN6/c1-3-17(13-6-8-15(21)9-7-13)24-19-16-12-23-27(2)20(16)26-18(25-19)14-5-4-10-22-11-14/h4-12,17H,3H2,1-2H3,(H,24,25,26)/t17-/m1/s1. The summed E-state index contributed by atoms with van der Waals surface area (Å²) in [4.78, 5) is 13.5. The predicted molar refractivity (Wildman–Crippen MR) is 103 cm³/mol. The lowest BCUT2D eigenvalue weighted by atomic mass is 10.0. The van der Waals surface area contributed by atoms with Gasteiger partial charge in [0.25, 0.3) is 0 Å². The summed E-state index contributed by atoms with van der Waals surface area (Å²) in [6, 6.07) is 10.3. The molecule has 0 fully saturated rings. The average Bonchev–Trinajstić information content (AvgIpc) is 3.08. The van der Waals surface area contributed by atoms with Crippen LogP contribution in [0.25, 0.3) is 22.4 Å². The van der Waals surface area contributed by atoms with Crippen molar-refractivity contribution in [2.75, 3.05) is 5.32 Å².